The molecule has 0 atom stereocenters. The summed E-state index contributed by atoms with van der Waals surface area (Å²) in [6.45, 7) is 3.48. The molecule has 0 aromatic heterocycles. The van der Waals surface area contributed by atoms with Gasteiger partial charge in [0, 0.05) is 6.54 Å². The number of hydrogen-bond acceptors (Lipinski definition) is 2. The molecular weight excluding hydrogens is 313 g/mol. The molecule has 6 heteroatoms. The summed E-state index contributed by atoms with van der Waals surface area (Å²) in [5, 5.41) is 0.164. The van der Waals surface area contributed by atoms with Crippen molar-refractivity contribution in [2.24, 2.45) is 0 Å². The molecule has 112 valence electrons. The van der Waals surface area contributed by atoms with E-state index in [4.69, 9.17) is 11.6 Å². The second-order valence-electron chi connectivity index (χ2n) is 4.84. The Balaban J connectivity index is 2.19. The molecule has 0 spiro atoms. The molecule has 2 rings (SSSR count). The van der Waals surface area contributed by atoms with E-state index in [-0.39, 0.29) is 22.3 Å². The van der Waals surface area contributed by atoms with Gasteiger partial charge in [-0.15, -0.1) is 0 Å². The molecule has 0 saturated heterocycles. The van der Waals surface area contributed by atoms with Gasteiger partial charge in [-0.25, -0.2) is 17.5 Å². The van der Waals surface area contributed by atoms with Crippen LogP contribution in [0.1, 0.15) is 16.7 Å². The van der Waals surface area contributed by atoms with E-state index in [1.54, 1.807) is 31.2 Å². The van der Waals surface area contributed by atoms with Gasteiger partial charge in [0.2, 0.25) is 10.0 Å². The highest BCUT2D eigenvalue weighted by Gasteiger charge is 2.17. The highest BCUT2D eigenvalue weighted by molar-refractivity contribution is 7.89. The van der Waals surface area contributed by atoms with Crippen molar-refractivity contribution in [2.45, 2.75) is 25.3 Å². The largest absolute Gasteiger partial charge is 0.242 e. The quantitative estimate of drug-likeness (QED) is 0.933. The van der Waals surface area contributed by atoms with Crippen LogP contribution in [0.15, 0.2) is 41.3 Å². The lowest BCUT2D eigenvalue weighted by Gasteiger charge is -2.09. The SMILES string of the molecule is Cc1ccc(S(=O)(=O)NCc2ccc(C)c(F)c2)c(Cl)c1. The zero-order valence-corrected chi connectivity index (χ0v) is 13.2. The lowest BCUT2D eigenvalue weighted by atomic mass is 10.1. The van der Waals surface area contributed by atoms with E-state index in [1.165, 1.54) is 12.1 Å². The van der Waals surface area contributed by atoms with Crippen LogP contribution in [0.5, 0.6) is 0 Å². The van der Waals surface area contributed by atoms with E-state index < -0.39 is 10.0 Å². The van der Waals surface area contributed by atoms with Crippen LogP contribution < -0.4 is 4.72 Å². The predicted octanol–water partition coefficient (Wildman–Crippen LogP) is 3.57. The number of sulfonamides is 1. The van der Waals surface area contributed by atoms with Crippen molar-refractivity contribution in [3.05, 3.63) is 63.9 Å². The summed E-state index contributed by atoms with van der Waals surface area (Å²) in [6, 6.07) is 9.31. The van der Waals surface area contributed by atoms with Crippen molar-refractivity contribution in [1.82, 2.24) is 4.72 Å². The van der Waals surface area contributed by atoms with E-state index in [0.29, 0.717) is 11.1 Å². The van der Waals surface area contributed by atoms with Gasteiger partial charge < -0.3 is 0 Å². The van der Waals surface area contributed by atoms with Crippen LogP contribution in [-0.2, 0) is 16.6 Å². The zero-order valence-electron chi connectivity index (χ0n) is 11.7. The fraction of sp³-hybridized carbons (Fsp3) is 0.200. The molecule has 3 nitrogen and oxygen atoms in total. The van der Waals surface area contributed by atoms with Crippen molar-refractivity contribution >= 4 is 21.6 Å². The molecule has 0 aliphatic rings. The first kappa shape index (κ1) is 15.9. The number of nitrogens with one attached hydrogen (secondary N) is 1. The summed E-state index contributed by atoms with van der Waals surface area (Å²) < 4.78 is 40.3. The maximum atomic E-state index is 13.4. The summed E-state index contributed by atoms with van der Waals surface area (Å²) in [7, 11) is -3.73. The van der Waals surface area contributed by atoms with Gasteiger partial charge in [-0.05, 0) is 48.7 Å². The molecule has 2 aromatic rings. The standard InChI is InChI=1S/C15H15ClFNO2S/c1-10-3-6-15(13(16)7-10)21(19,20)18-9-12-5-4-11(2)14(17)8-12/h3-8,18H,9H2,1-2H3. The normalized spacial score (nSPS) is 11.6. The minimum atomic E-state index is -3.73. The van der Waals surface area contributed by atoms with Crippen molar-refractivity contribution in [3.8, 4) is 0 Å². The molecule has 0 saturated carbocycles. The van der Waals surface area contributed by atoms with Crippen molar-refractivity contribution in [2.75, 3.05) is 0 Å². The fourth-order valence-corrected chi connectivity index (χ4v) is 3.44. The van der Waals surface area contributed by atoms with Gasteiger partial charge in [0.25, 0.3) is 0 Å². The molecule has 0 aliphatic heterocycles. The Morgan fingerprint density at radius 3 is 2.48 bits per heavy atom. The minimum absolute atomic E-state index is 0.00371. The Morgan fingerprint density at radius 2 is 1.86 bits per heavy atom. The topological polar surface area (TPSA) is 46.2 Å². The van der Waals surface area contributed by atoms with Gasteiger partial charge in [-0.3, -0.25) is 0 Å². The van der Waals surface area contributed by atoms with Crippen LogP contribution in [0.2, 0.25) is 5.02 Å². The lowest BCUT2D eigenvalue weighted by Crippen LogP contribution is -2.23. The maximum Gasteiger partial charge on any atom is 0.242 e. The molecule has 0 radical (unpaired) electrons. The Kier molecular flexibility index (Phi) is 4.66. The first-order valence-corrected chi connectivity index (χ1v) is 8.16. The fourth-order valence-electron chi connectivity index (χ4n) is 1.83. The Morgan fingerprint density at radius 1 is 1.14 bits per heavy atom. The third kappa shape index (κ3) is 3.81. The van der Waals surface area contributed by atoms with Gasteiger partial charge in [-0.2, -0.15) is 0 Å². The molecular formula is C15H15ClFNO2S. The average Bonchev–Trinajstić information content (AvgIpc) is 2.40. The van der Waals surface area contributed by atoms with Crippen LogP contribution >= 0.6 is 11.6 Å². The maximum absolute atomic E-state index is 13.4. The smallest absolute Gasteiger partial charge is 0.207 e. The molecule has 0 unspecified atom stereocenters. The second kappa shape index (κ2) is 6.13. The highest BCUT2D eigenvalue weighted by Crippen LogP contribution is 2.22. The Hall–Kier alpha value is -1.43. The van der Waals surface area contributed by atoms with E-state index in [1.807, 2.05) is 6.92 Å². The number of halogens is 2. The van der Waals surface area contributed by atoms with E-state index in [9.17, 15) is 12.8 Å². The molecule has 1 N–H and O–H groups in total. The van der Waals surface area contributed by atoms with Crippen LogP contribution in [0.4, 0.5) is 4.39 Å². The van der Waals surface area contributed by atoms with Crippen molar-refractivity contribution in [1.29, 1.82) is 0 Å². The molecule has 0 aliphatic carbocycles. The zero-order chi connectivity index (χ0) is 15.6. The third-order valence-electron chi connectivity index (χ3n) is 3.08. The predicted molar refractivity (Wildman–Crippen MR) is 81.4 cm³/mol. The second-order valence-corrected chi connectivity index (χ2v) is 6.98. The van der Waals surface area contributed by atoms with E-state index >= 15 is 0 Å². The average molecular weight is 328 g/mol. The summed E-state index contributed by atoms with van der Waals surface area (Å²) >= 11 is 5.96. The van der Waals surface area contributed by atoms with Gasteiger partial charge in [0.05, 0.1) is 5.02 Å². The summed E-state index contributed by atoms with van der Waals surface area (Å²) in [5.41, 5.74) is 1.94. The minimum Gasteiger partial charge on any atom is -0.207 e. The molecule has 0 bridgehead atoms. The van der Waals surface area contributed by atoms with Gasteiger partial charge in [0.15, 0.2) is 0 Å². The number of benzene rings is 2. The molecule has 0 fully saturated rings. The Bertz CT molecular complexity index is 775. The first-order valence-electron chi connectivity index (χ1n) is 6.30. The number of hydrogen-bond donors (Lipinski definition) is 1. The molecule has 2 aromatic carbocycles. The molecule has 0 amide bonds. The van der Waals surface area contributed by atoms with E-state index in [0.717, 1.165) is 5.56 Å². The van der Waals surface area contributed by atoms with Crippen LogP contribution in [0, 0.1) is 19.7 Å². The van der Waals surface area contributed by atoms with E-state index in [2.05, 4.69) is 4.72 Å². The first-order chi connectivity index (χ1) is 9.79. The Labute approximate surface area is 128 Å². The summed E-state index contributed by atoms with van der Waals surface area (Å²) in [4.78, 5) is 0.0161. The molecule has 21 heavy (non-hydrogen) atoms. The summed E-state index contributed by atoms with van der Waals surface area (Å²) in [6.07, 6.45) is 0. The highest BCUT2D eigenvalue weighted by atomic mass is 35.5. The monoisotopic (exact) mass is 327 g/mol. The van der Waals surface area contributed by atoms with Crippen LogP contribution in [0.25, 0.3) is 0 Å². The van der Waals surface area contributed by atoms with Gasteiger partial charge >= 0.3 is 0 Å². The number of aryl methyl sites for hydroxylation is 2. The third-order valence-corrected chi connectivity index (χ3v) is 4.96. The number of rotatable bonds is 4. The lowest BCUT2D eigenvalue weighted by molar-refractivity contribution is 0.580. The van der Waals surface area contributed by atoms with Crippen molar-refractivity contribution < 1.29 is 12.8 Å². The van der Waals surface area contributed by atoms with Gasteiger partial charge in [-0.1, -0.05) is 29.8 Å². The molecule has 0 heterocycles. The summed E-state index contributed by atoms with van der Waals surface area (Å²) in [5.74, 6) is -0.361. The van der Waals surface area contributed by atoms with Gasteiger partial charge in [0.1, 0.15) is 10.7 Å². The van der Waals surface area contributed by atoms with Crippen LogP contribution in [-0.4, -0.2) is 8.42 Å². The van der Waals surface area contributed by atoms with Crippen LogP contribution in [0.3, 0.4) is 0 Å². The van der Waals surface area contributed by atoms with Crippen molar-refractivity contribution in [3.63, 3.8) is 0 Å².